The lowest BCUT2D eigenvalue weighted by Gasteiger charge is -2.33. The fourth-order valence-corrected chi connectivity index (χ4v) is 4.52. The topological polar surface area (TPSA) is 0 Å². The van der Waals surface area contributed by atoms with Gasteiger partial charge in [-0.1, -0.05) is 102 Å². The molecular formula is C27H21. The van der Waals surface area contributed by atoms with E-state index in [1.807, 2.05) is 6.07 Å². The monoisotopic (exact) mass is 345 g/mol. The lowest BCUT2D eigenvalue weighted by atomic mass is 9.67. The van der Waals surface area contributed by atoms with Crippen molar-refractivity contribution in [2.45, 2.75) is 19.3 Å². The number of hydrogen-bond donors (Lipinski definition) is 0. The third-order valence-electron chi connectivity index (χ3n) is 5.82. The van der Waals surface area contributed by atoms with Crippen LogP contribution in [-0.4, -0.2) is 0 Å². The Kier molecular flexibility index (Phi) is 3.55. The summed E-state index contributed by atoms with van der Waals surface area (Å²) in [7, 11) is 0. The fourth-order valence-electron chi connectivity index (χ4n) is 4.52. The van der Waals surface area contributed by atoms with Crippen molar-refractivity contribution in [3.8, 4) is 11.1 Å². The minimum absolute atomic E-state index is 0.325. The third kappa shape index (κ3) is 2.23. The van der Waals surface area contributed by atoms with Gasteiger partial charge in [-0.25, -0.2) is 0 Å². The van der Waals surface area contributed by atoms with Crippen molar-refractivity contribution in [2.24, 2.45) is 0 Å². The van der Waals surface area contributed by atoms with E-state index in [2.05, 4.69) is 105 Å². The predicted molar refractivity (Wildman–Crippen MR) is 112 cm³/mol. The largest absolute Gasteiger partial charge is 0.0719 e. The zero-order valence-electron chi connectivity index (χ0n) is 15.7. The Morgan fingerprint density at radius 2 is 1.15 bits per heavy atom. The van der Waals surface area contributed by atoms with Crippen molar-refractivity contribution in [1.29, 1.82) is 0 Å². The van der Waals surface area contributed by atoms with Crippen LogP contribution in [0.1, 0.15) is 33.4 Å². The zero-order valence-corrected chi connectivity index (χ0v) is 15.7. The first kappa shape index (κ1) is 16.1. The van der Waals surface area contributed by atoms with Crippen LogP contribution in [-0.2, 0) is 5.41 Å². The first-order valence-corrected chi connectivity index (χ1v) is 9.46. The Hall–Kier alpha value is -3.12. The van der Waals surface area contributed by atoms with E-state index in [0.717, 1.165) is 0 Å². The Labute approximate surface area is 161 Å². The maximum atomic E-state index is 3.61. The molecule has 0 N–H and O–H groups in total. The van der Waals surface area contributed by atoms with Gasteiger partial charge in [-0.05, 0) is 53.3 Å². The first-order valence-electron chi connectivity index (χ1n) is 9.46. The Morgan fingerprint density at radius 1 is 0.593 bits per heavy atom. The average Bonchev–Trinajstić information content (AvgIpc) is 3.01. The molecule has 0 nitrogen and oxygen atoms in total. The molecule has 0 amide bonds. The maximum Gasteiger partial charge on any atom is 0.0719 e. The Bertz CT molecular complexity index is 1020. The van der Waals surface area contributed by atoms with E-state index in [-0.39, 0.29) is 5.41 Å². The van der Waals surface area contributed by atoms with Crippen molar-refractivity contribution in [3.63, 3.8) is 0 Å². The van der Waals surface area contributed by atoms with Gasteiger partial charge >= 0.3 is 0 Å². The van der Waals surface area contributed by atoms with Crippen molar-refractivity contribution >= 4 is 0 Å². The second-order valence-electron chi connectivity index (χ2n) is 7.49. The highest BCUT2D eigenvalue weighted by atomic mass is 14.5. The summed E-state index contributed by atoms with van der Waals surface area (Å²) in [6.45, 7) is 4.29. The van der Waals surface area contributed by atoms with Gasteiger partial charge in [0.1, 0.15) is 0 Å². The van der Waals surface area contributed by atoms with Crippen LogP contribution in [0.15, 0.2) is 91.0 Å². The molecule has 4 aromatic rings. The molecule has 5 rings (SSSR count). The van der Waals surface area contributed by atoms with Crippen LogP contribution in [0.2, 0.25) is 0 Å². The van der Waals surface area contributed by atoms with Crippen molar-refractivity contribution in [3.05, 3.63) is 130 Å². The van der Waals surface area contributed by atoms with Gasteiger partial charge in [0.25, 0.3) is 0 Å². The molecule has 0 heterocycles. The second kappa shape index (κ2) is 5.96. The normalized spacial score (nSPS) is 13.9. The number of aryl methyl sites for hydroxylation is 2. The van der Waals surface area contributed by atoms with Gasteiger partial charge < -0.3 is 0 Å². The molecule has 0 atom stereocenters. The van der Waals surface area contributed by atoms with E-state index in [9.17, 15) is 0 Å². The summed E-state index contributed by atoms with van der Waals surface area (Å²) in [5.74, 6) is 0. The molecule has 0 aliphatic heterocycles. The molecule has 1 aliphatic rings. The van der Waals surface area contributed by atoms with Crippen molar-refractivity contribution < 1.29 is 0 Å². The van der Waals surface area contributed by atoms with E-state index in [0.29, 0.717) is 0 Å². The Balaban J connectivity index is 1.94. The summed E-state index contributed by atoms with van der Waals surface area (Å²) in [4.78, 5) is 0. The molecule has 1 aliphatic carbocycles. The highest BCUT2D eigenvalue weighted by Gasteiger charge is 2.45. The van der Waals surface area contributed by atoms with Gasteiger partial charge in [0, 0.05) is 0 Å². The van der Waals surface area contributed by atoms with E-state index < -0.39 is 0 Å². The molecule has 0 heteroatoms. The molecule has 0 fully saturated rings. The molecule has 0 aromatic heterocycles. The van der Waals surface area contributed by atoms with E-state index in [1.165, 1.54) is 44.5 Å². The number of fused-ring (bicyclic) bond motifs is 3. The summed E-state index contributed by atoms with van der Waals surface area (Å²) in [5.41, 5.74) is 10.0. The minimum Gasteiger partial charge on any atom is -0.0619 e. The van der Waals surface area contributed by atoms with E-state index in [4.69, 9.17) is 0 Å². The predicted octanol–water partition coefficient (Wildman–Crippen LogP) is 6.47. The highest BCUT2D eigenvalue weighted by molar-refractivity contribution is 5.85. The summed E-state index contributed by atoms with van der Waals surface area (Å²) >= 11 is 0. The molecule has 0 spiro atoms. The van der Waals surface area contributed by atoms with Gasteiger partial charge in [-0.2, -0.15) is 0 Å². The lowest BCUT2D eigenvalue weighted by molar-refractivity contribution is 0.766. The van der Waals surface area contributed by atoms with Crippen LogP contribution in [0.5, 0.6) is 0 Å². The molecule has 1 radical (unpaired) electrons. The van der Waals surface area contributed by atoms with Gasteiger partial charge in [-0.15, -0.1) is 0 Å². The van der Waals surface area contributed by atoms with Crippen molar-refractivity contribution in [1.82, 2.24) is 0 Å². The van der Waals surface area contributed by atoms with Gasteiger partial charge in [0.15, 0.2) is 0 Å². The van der Waals surface area contributed by atoms with Crippen LogP contribution in [0, 0.1) is 19.9 Å². The number of benzene rings is 4. The summed E-state index contributed by atoms with van der Waals surface area (Å²) in [5, 5.41) is 0. The minimum atomic E-state index is -0.325. The Morgan fingerprint density at radius 3 is 1.78 bits per heavy atom. The highest BCUT2D eigenvalue weighted by Crippen LogP contribution is 2.55. The number of hydrogen-bond acceptors (Lipinski definition) is 0. The van der Waals surface area contributed by atoms with Gasteiger partial charge in [0.2, 0.25) is 0 Å². The molecular weight excluding hydrogens is 324 g/mol. The smallest absolute Gasteiger partial charge is 0.0619 e. The van der Waals surface area contributed by atoms with Gasteiger partial charge in [-0.3, -0.25) is 0 Å². The molecule has 4 aromatic carbocycles. The van der Waals surface area contributed by atoms with Gasteiger partial charge in [0.05, 0.1) is 5.41 Å². The number of rotatable bonds is 2. The zero-order chi connectivity index (χ0) is 18.4. The van der Waals surface area contributed by atoms with Crippen LogP contribution in [0.4, 0.5) is 0 Å². The van der Waals surface area contributed by atoms with Crippen LogP contribution in [0.25, 0.3) is 11.1 Å². The van der Waals surface area contributed by atoms with Crippen LogP contribution >= 0.6 is 0 Å². The van der Waals surface area contributed by atoms with E-state index in [1.54, 1.807) is 0 Å². The third-order valence-corrected chi connectivity index (χ3v) is 5.82. The standard InChI is InChI=1S/C27H21/c1-19-11-15-21(16-12-19)27(22-17-13-20(2)14-18-22)25-9-5-3-7-23(25)24-8-4-6-10-26(24)27/h3-9,11-18H,1-2H3. The molecule has 0 saturated heterocycles. The molecule has 129 valence electrons. The molecule has 0 unspecified atom stereocenters. The second-order valence-corrected chi connectivity index (χ2v) is 7.49. The quantitative estimate of drug-likeness (QED) is 0.344. The van der Waals surface area contributed by atoms with Crippen molar-refractivity contribution in [2.75, 3.05) is 0 Å². The van der Waals surface area contributed by atoms with E-state index >= 15 is 0 Å². The summed E-state index contributed by atoms with van der Waals surface area (Å²) in [6, 6.07) is 36.8. The molecule has 0 bridgehead atoms. The summed E-state index contributed by atoms with van der Waals surface area (Å²) < 4.78 is 0. The lowest BCUT2D eigenvalue weighted by Crippen LogP contribution is -2.28. The maximum absolute atomic E-state index is 3.61. The summed E-state index contributed by atoms with van der Waals surface area (Å²) in [6.07, 6.45) is 0. The van der Waals surface area contributed by atoms with Crippen LogP contribution in [0.3, 0.4) is 0 Å². The van der Waals surface area contributed by atoms with Crippen LogP contribution < -0.4 is 0 Å². The molecule has 27 heavy (non-hydrogen) atoms. The fraction of sp³-hybridized carbons (Fsp3) is 0.111. The average molecular weight is 345 g/mol. The first-order chi connectivity index (χ1) is 13.2. The SMILES string of the molecule is Cc1ccc(C2(c3ccc(C)cc3)c3[c]cccc3-c3ccccc32)cc1. The molecule has 0 saturated carbocycles.